The second-order valence-electron chi connectivity index (χ2n) is 7.03. The van der Waals surface area contributed by atoms with Gasteiger partial charge in [-0.05, 0) is 31.9 Å². The number of aryl methyl sites for hydroxylation is 1. The molecule has 0 spiro atoms. The summed E-state index contributed by atoms with van der Waals surface area (Å²) in [5.74, 6) is 4.16. The Hall–Kier alpha value is -3.62. The molecule has 4 aromatic rings. The SMILES string of the molecule is Cc1nnc2n1-c1cnc(-n3ccnc3-c3ccncc3)nc1N1CCCC21. The highest BCUT2D eigenvalue weighted by atomic mass is 15.4. The molecule has 2 aliphatic heterocycles. The zero-order valence-electron chi connectivity index (χ0n) is 15.3. The van der Waals surface area contributed by atoms with Gasteiger partial charge in [-0.3, -0.25) is 14.1 Å². The number of imidazole rings is 1. The zero-order valence-corrected chi connectivity index (χ0v) is 15.3. The Morgan fingerprint density at radius 1 is 1.07 bits per heavy atom. The minimum atomic E-state index is 0.221. The van der Waals surface area contributed by atoms with E-state index in [1.807, 2.05) is 36.0 Å². The first-order valence-electron chi connectivity index (χ1n) is 9.31. The summed E-state index contributed by atoms with van der Waals surface area (Å²) in [7, 11) is 0. The Morgan fingerprint density at radius 2 is 1.96 bits per heavy atom. The van der Waals surface area contributed by atoms with Gasteiger partial charge in [0.1, 0.15) is 17.3 Å². The fraction of sp³-hybridized carbons (Fsp3) is 0.263. The van der Waals surface area contributed by atoms with Gasteiger partial charge in [0.15, 0.2) is 11.6 Å². The molecule has 138 valence electrons. The molecule has 9 nitrogen and oxygen atoms in total. The zero-order chi connectivity index (χ0) is 18.7. The predicted molar refractivity (Wildman–Crippen MR) is 101 cm³/mol. The van der Waals surface area contributed by atoms with Crippen molar-refractivity contribution < 1.29 is 0 Å². The van der Waals surface area contributed by atoms with E-state index in [0.29, 0.717) is 5.95 Å². The summed E-state index contributed by atoms with van der Waals surface area (Å²) in [4.78, 5) is 20.5. The molecule has 0 radical (unpaired) electrons. The third-order valence-electron chi connectivity index (χ3n) is 5.45. The highest BCUT2D eigenvalue weighted by Crippen LogP contribution is 2.42. The van der Waals surface area contributed by atoms with Gasteiger partial charge in [-0.1, -0.05) is 0 Å². The van der Waals surface area contributed by atoms with Crippen LogP contribution in [0.25, 0.3) is 23.0 Å². The molecule has 0 aliphatic carbocycles. The smallest absolute Gasteiger partial charge is 0.237 e. The summed E-state index contributed by atoms with van der Waals surface area (Å²) >= 11 is 0. The molecule has 2 aliphatic rings. The molecule has 28 heavy (non-hydrogen) atoms. The molecule has 1 fully saturated rings. The number of rotatable bonds is 2. The Morgan fingerprint density at radius 3 is 2.86 bits per heavy atom. The van der Waals surface area contributed by atoms with Crippen LogP contribution in [-0.4, -0.2) is 45.8 Å². The standard InChI is InChI=1S/C19H17N9/c1-12-24-25-18-14-3-2-9-26(14)17-15(28(12)18)11-22-19(23-17)27-10-8-21-16(27)13-4-6-20-7-5-13/h4-8,10-11,14H,2-3,9H2,1H3. The molecule has 1 unspecified atom stereocenters. The van der Waals surface area contributed by atoms with Crippen molar-refractivity contribution in [2.75, 3.05) is 11.4 Å². The van der Waals surface area contributed by atoms with E-state index in [4.69, 9.17) is 4.98 Å². The second kappa shape index (κ2) is 5.69. The van der Waals surface area contributed by atoms with Crippen molar-refractivity contribution in [1.29, 1.82) is 0 Å². The van der Waals surface area contributed by atoms with E-state index in [9.17, 15) is 0 Å². The molecule has 1 atom stereocenters. The summed E-state index contributed by atoms with van der Waals surface area (Å²) in [6.45, 7) is 2.93. The van der Waals surface area contributed by atoms with Gasteiger partial charge in [-0.25, -0.2) is 9.97 Å². The van der Waals surface area contributed by atoms with E-state index >= 15 is 0 Å². The van der Waals surface area contributed by atoms with Crippen LogP contribution in [0.5, 0.6) is 0 Å². The number of anilines is 1. The number of hydrogen-bond acceptors (Lipinski definition) is 7. The fourth-order valence-electron chi connectivity index (χ4n) is 4.20. The van der Waals surface area contributed by atoms with Gasteiger partial charge >= 0.3 is 0 Å². The summed E-state index contributed by atoms with van der Waals surface area (Å²) in [6.07, 6.45) is 11.2. The van der Waals surface area contributed by atoms with E-state index < -0.39 is 0 Å². The maximum atomic E-state index is 4.95. The molecule has 0 amide bonds. The summed E-state index contributed by atoms with van der Waals surface area (Å²) < 4.78 is 4.00. The highest BCUT2D eigenvalue weighted by molar-refractivity contribution is 5.64. The fourth-order valence-corrected chi connectivity index (χ4v) is 4.20. The van der Waals surface area contributed by atoms with Crippen LogP contribution in [0.1, 0.15) is 30.5 Å². The largest absolute Gasteiger partial charge is 0.344 e. The van der Waals surface area contributed by atoms with Gasteiger partial charge in [-0.15, -0.1) is 10.2 Å². The van der Waals surface area contributed by atoms with Gasteiger partial charge in [-0.2, -0.15) is 4.98 Å². The van der Waals surface area contributed by atoms with Crippen molar-refractivity contribution >= 4 is 5.82 Å². The molecule has 0 saturated carbocycles. The van der Waals surface area contributed by atoms with Crippen LogP contribution in [0.3, 0.4) is 0 Å². The van der Waals surface area contributed by atoms with Crippen LogP contribution in [0.15, 0.2) is 43.1 Å². The molecule has 1 saturated heterocycles. The van der Waals surface area contributed by atoms with E-state index in [1.165, 1.54) is 0 Å². The number of aromatic nitrogens is 8. The Kier molecular flexibility index (Phi) is 3.14. The molecule has 4 aromatic heterocycles. The van der Waals surface area contributed by atoms with E-state index in [2.05, 4.69) is 34.6 Å². The maximum absolute atomic E-state index is 4.95. The lowest BCUT2D eigenvalue weighted by atomic mass is 10.1. The maximum Gasteiger partial charge on any atom is 0.237 e. The first-order valence-corrected chi connectivity index (χ1v) is 9.31. The Balaban J connectivity index is 1.53. The molecule has 6 heterocycles. The minimum Gasteiger partial charge on any atom is -0.344 e. The summed E-state index contributed by atoms with van der Waals surface area (Å²) in [5, 5.41) is 8.71. The van der Waals surface area contributed by atoms with E-state index in [-0.39, 0.29) is 6.04 Å². The Labute approximate surface area is 160 Å². The third kappa shape index (κ3) is 2.07. The van der Waals surface area contributed by atoms with E-state index in [1.54, 1.807) is 18.6 Å². The molecular formula is C19H17N9. The molecule has 0 aromatic carbocycles. The topological polar surface area (TPSA) is 90.4 Å². The van der Waals surface area contributed by atoms with E-state index in [0.717, 1.165) is 53.9 Å². The van der Waals surface area contributed by atoms with Crippen molar-refractivity contribution in [1.82, 2.24) is 39.3 Å². The van der Waals surface area contributed by atoms with Crippen LogP contribution in [0, 0.1) is 6.92 Å². The average molecular weight is 371 g/mol. The lowest BCUT2D eigenvalue weighted by Crippen LogP contribution is -2.32. The number of fused-ring (bicyclic) bond motifs is 6. The molecule has 6 rings (SSSR count). The van der Waals surface area contributed by atoms with Crippen molar-refractivity contribution in [3.63, 3.8) is 0 Å². The van der Waals surface area contributed by atoms with Gasteiger partial charge in [0.05, 0.1) is 12.2 Å². The van der Waals surface area contributed by atoms with Gasteiger partial charge in [0.2, 0.25) is 5.95 Å². The number of hydrogen-bond donors (Lipinski definition) is 0. The molecule has 9 heteroatoms. The normalized spacial score (nSPS) is 17.3. The van der Waals surface area contributed by atoms with Crippen LogP contribution < -0.4 is 4.90 Å². The highest BCUT2D eigenvalue weighted by Gasteiger charge is 2.38. The van der Waals surface area contributed by atoms with Crippen LogP contribution in [0.4, 0.5) is 5.82 Å². The number of pyridine rings is 1. The summed E-state index contributed by atoms with van der Waals surface area (Å²) in [5.41, 5.74) is 1.90. The lowest BCUT2D eigenvalue weighted by Gasteiger charge is -2.32. The third-order valence-corrected chi connectivity index (χ3v) is 5.45. The molecule has 0 bridgehead atoms. The van der Waals surface area contributed by atoms with Crippen LogP contribution >= 0.6 is 0 Å². The van der Waals surface area contributed by atoms with Crippen LogP contribution in [-0.2, 0) is 0 Å². The monoisotopic (exact) mass is 371 g/mol. The average Bonchev–Trinajstić information content (AvgIpc) is 3.48. The number of nitrogens with zero attached hydrogens (tertiary/aromatic N) is 9. The van der Waals surface area contributed by atoms with Crippen molar-refractivity contribution in [3.8, 4) is 23.0 Å². The second-order valence-corrected chi connectivity index (χ2v) is 7.03. The van der Waals surface area contributed by atoms with Crippen molar-refractivity contribution in [3.05, 3.63) is 54.8 Å². The lowest BCUT2D eigenvalue weighted by molar-refractivity contribution is 0.616. The van der Waals surface area contributed by atoms with Gasteiger partial charge in [0.25, 0.3) is 0 Å². The van der Waals surface area contributed by atoms with Crippen molar-refractivity contribution in [2.45, 2.75) is 25.8 Å². The predicted octanol–water partition coefficient (Wildman–Crippen LogP) is 2.27. The van der Waals surface area contributed by atoms with Gasteiger partial charge < -0.3 is 4.90 Å². The first-order chi connectivity index (χ1) is 13.8. The molecule has 0 N–H and O–H groups in total. The first kappa shape index (κ1) is 15.4. The van der Waals surface area contributed by atoms with Crippen molar-refractivity contribution in [2.24, 2.45) is 0 Å². The van der Waals surface area contributed by atoms with Crippen LogP contribution in [0.2, 0.25) is 0 Å². The molecular weight excluding hydrogens is 354 g/mol. The summed E-state index contributed by atoms with van der Waals surface area (Å²) in [6, 6.07) is 4.08. The van der Waals surface area contributed by atoms with Gasteiger partial charge in [0, 0.05) is 36.9 Å². The Bertz CT molecular complexity index is 1180. The quantitative estimate of drug-likeness (QED) is 0.534. The minimum absolute atomic E-state index is 0.221.